The van der Waals surface area contributed by atoms with Crippen molar-refractivity contribution in [2.45, 2.75) is 32.9 Å². The summed E-state index contributed by atoms with van der Waals surface area (Å²) in [5.41, 5.74) is 2.39. The molecule has 13 heteroatoms. The van der Waals surface area contributed by atoms with Gasteiger partial charge < -0.3 is 9.80 Å². The van der Waals surface area contributed by atoms with E-state index in [4.69, 9.17) is 0 Å². The number of nitro benzene ring substituents is 1. The second-order valence-corrected chi connectivity index (χ2v) is 8.05. The quantitative estimate of drug-likeness (QED) is 0.410. The number of carbonyl (C=O) groups is 1. The number of fused-ring (bicyclic) bond motifs is 1. The number of aromatic nitrogens is 4. The monoisotopic (exact) mass is 477 g/mol. The number of anilines is 1. The first kappa shape index (κ1) is 23.4. The van der Waals surface area contributed by atoms with Gasteiger partial charge in [-0.3, -0.25) is 14.9 Å². The molecule has 4 rings (SSSR count). The fourth-order valence-corrected chi connectivity index (χ4v) is 4.10. The first-order valence-electron chi connectivity index (χ1n) is 10.6. The highest BCUT2D eigenvalue weighted by Crippen LogP contribution is 2.27. The van der Waals surface area contributed by atoms with E-state index in [0.29, 0.717) is 49.6 Å². The molecule has 2 aromatic heterocycles. The summed E-state index contributed by atoms with van der Waals surface area (Å²) in [6, 6.07) is 6.38. The number of aryl methyl sites for hydroxylation is 2. The molecule has 10 nitrogen and oxygen atoms in total. The molecular formula is C21H22F3N7O3. The van der Waals surface area contributed by atoms with E-state index in [-0.39, 0.29) is 23.8 Å². The lowest BCUT2D eigenvalue weighted by Crippen LogP contribution is -2.48. The summed E-state index contributed by atoms with van der Waals surface area (Å²) < 4.78 is 39.9. The number of nitrogens with zero attached hydrogens (tertiary/aromatic N) is 7. The molecule has 1 aliphatic rings. The second-order valence-electron chi connectivity index (χ2n) is 8.05. The second kappa shape index (κ2) is 8.88. The van der Waals surface area contributed by atoms with E-state index in [1.54, 1.807) is 30.9 Å². The van der Waals surface area contributed by atoms with Crippen molar-refractivity contribution in [2.24, 2.45) is 0 Å². The lowest BCUT2D eigenvalue weighted by molar-refractivity contribution is -0.384. The van der Waals surface area contributed by atoms with E-state index in [0.717, 1.165) is 10.2 Å². The number of rotatable bonds is 5. The molecule has 1 aromatic carbocycles. The zero-order valence-corrected chi connectivity index (χ0v) is 18.5. The van der Waals surface area contributed by atoms with Crippen molar-refractivity contribution in [3.63, 3.8) is 0 Å². The summed E-state index contributed by atoms with van der Waals surface area (Å²) in [5, 5.41) is 14.5. The molecule has 1 fully saturated rings. The van der Waals surface area contributed by atoms with E-state index < -0.39 is 16.9 Å². The van der Waals surface area contributed by atoms with Crippen molar-refractivity contribution in [3.05, 3.63) is 57.2 Å². The van der Waals surface area contributed by atoms with Crippen molar-refractivity contribution in [3.8, 4) is 0 Å². The Kier molecular flexibility index (Phi) is 6.11. The largest absolute Gasteiger partial charge is 0.453 e. The van der Waals surface area contributed by atoms with Crippen LogP contribution in [0.3, 0.4) is 0 Å². The summed E-state index contributed by atoms with van der Waals surface area (Å²) in [4.78, 5) is 34.7. The van der Waals surface area contributed by atoms with Gasteiger partial charge in [0, 0.05) is 61.8 Å². The number of non-ortho nitro benzene ring substituents is 1. The number of hydrogen-bond donors (Lipinski definition) is 0. The Labute approximate surface area is 192 Å². The summed E-state index contributed by atoms with van der Waals surface area (Å²) >= 11 is 0. The molecule has 0 spiro atoms. The highest BCUT2D eigenvalue weighted by molar-refractivity contribution is 5.77. The smallest absolute Gasteiger partial charge is 0.368 e. The van der Waals surface area contributed by atoms with E-state index >= 15 is 0 Å². The molecule has 0 bridgehead atoms. The third kappa shape index (κ3) is 4.63. The first-order valence-corrected chi connectivity index (χ1v) is 10.6. The lowest BCUT2D eigenvalue weighted by atomic mass is 10.1. The minimum Gasteiger partial charge on any atom is -0.368 e. The predicted molar refractivity (Wildman–Crippen MR) is 115 cm³/mol. The number of amides is 1. The molecule has 0 aliphatic carbocycles. The van der Waals surface area contributed by atoms with Gasteiger partial charge in [-0.2, -0.15) is 18.2 Å². The van der Waals surface area contributed by atoms with Crippen LogP contribution in [0.25, 0.3) is 5.78 Å². The molecule has 0 radical (unpaired) electrons. The van der Waals surface area contributed by atoms with Gasteiger partial charge >= 0.3 is 6.18 Å². The highest BCUT2D eigenvalue weighted by atomic mass is 19.4. The number of piperazine rings is 1. The van der Waals surface area contributed by atoms with E-state index in [1.807, 2.05) is 4.90 Å². The Morgan fingerprint density at radius 1 is 1.15 bits per heavy atom. The Morgan fingerprint density at radius 2 is 1.85 bits per heavy atom. The molecule has 34 heavy (non-hydrogen) atoms. The minimum atomic E-state index is -4.67. The molecule has 3 aromatic rings. The van der Waals surface area contributed by atoms with Crippen LogP contribution in [0, 0.1) is 24.0 Å². The van der Waals surface area contributed by atoms with Crippen LogP contribution in [0.1, 0.15) is 29.2 Å². The summed E-state index contributed by atoms with van der Waals surface area (Å²) in [5.74, 6) is -1.46. The van der Waals surface area contributed by atoms with Crippen LogP contribution < -0.4 is 4.90 Å². The Bertz CT molecular complexity index is 1250. The molecule has 0 N–H and O–H groups in total. The van der Waals surface area contributed by atoms with Gasteiger partial charge in [0.15, 0.2) is 0 Å². The van der Waals surface area contributed by atoms with Crippen molar-refractivity contribution in [2.75, 3.05) is 31.1 Å². The van der Waals surface area contributed by atoms with Crippen LogP contribution in [0.15, 0.2) is 24.3 Å². The van der Waals surface area contributed by atoms with E-state index in [9.17, 15) is 28.1 Å². The van der Waals surface area contributed by atoms with Crippen LogP contribution in [-0.2, 0) is 17.4 Å². The summed E-state index contributed by atoms with van der Waals surface area (Å²) in [6.07, 6.45) is -4.19. The Balaban J connectivity index is 1.40. The van der Waals surface area contributed by atoms with Crippen molar-refractivity contribution < 1.29 is 22.9 Å². The maximum absolute atomic E-state index is 13.0. The highest BCUT2D eigenvalue weighted by Gasteiger charge is 2.37. The van der Waals surface area contributed by atoms with Crippen LogP contribution in [0.2, 0.25) is 0 Å². The van der Waals surface area contributed by atoms with Crippen molar-refractivity contribution in [1.82, 2.24) is 24.5 Å². The number of alkyl halides is 3. The molecule has 3 heterocycles. The molecular weight excluding hydrogens is 455 g/mol. The zero-order chi connectivity index (χ0) is 24.6. The average molecular weight is 477 g/mol. The Morgan fingerprint density at radius 3 is 2.50 bits per heavy atom. The number of benzene rings is 1. The van der Waals surface area contributed by atoms with Crippen LogP contribution in [0.5, 0.6) is 0 Å². The van der Waals surface area contributed by atoms with Gasteiger partial charge in [0.1, 0.15) is 0 Å². The van der Waals surface area contributed by atoms with E-state index in [2.05, 4.69) is 15.1 Å². The van der Waals surface area contributed by atoms with Crippen LogP contribution in [-0.4, -0.2) is 61.5 Å². The standard InChI is InChI=1S/C21H22F3N7O3/c1-13-17(14(2)30-20(25-13)26-19(27-30)21(22,23)24)6-7-18(32)29-10-8-28(9-11-29)15-4-3-5-16(12-15)31(33)34/h3-5,12H,6-11H2,1-2H3. The zero-order valence-electron chi connectivity index (χ0n) is 18.5. The minimum absolute atomic E-state index is 0.0158. The third-order valence-electron chi connectivity index (χ3n) is 5.93. The predicted octanol–water partition coefficient (Wildman–Crippen LogP) is 2.95. The molecule has 0 unspecified atom stereocenters. The fourth-order valence-electron chi connectivity index (χ4n) is 4.10. The van der Waals surface area contributed by atoms with Gasteiger partial charge in [-0.1, -0.05) is 6.07 Å². The van der Waals surface area contributed by atoms with Gasteiger partial charge in [-0.15, -0.1) is 5.10 Å². The number of hydrogen-bond acceptors (Lipinski definition) is 7. The fraction of sp³-hybridized carbons (Fsp3) is 0.429. The topological polar surface area (TPSA) is 110 Å². The number of nitro groups is 1. The first-order chi connectivity index (χ1) is 16.0. The number of carbonyl (C=O) groups excluding carboxylic acids is 1. The lowest BCUT2D eigenvalue weighted by Gasteiger charge is -2.36. The SMILES string of the molecule is Cc1nc2nc(C(F)(F)F)nn2c(C)c1CCC(=O)N1CCN(c2cccc([N+](=O)[O-])c2)CC1. The van der Waals surface area contributed by atoms with Gasteiger partial charge in [0.2, 0.25) is 5.91 Å². The summed E-state index contributed by atoms with van der Waals surface area (Å²) in [7, 11) is 0. The van der Waals surface area contributed by atoms with Crippen molar-refractivity contribution >= 4 is 23.1 Å². The van der Waals surface area contributed by atoms with Gasteiger partial charge in [0.05, 0.1) is 4.92 Å². The van der Waals surface area contributed by atoms with Crippen LogP contribution >= 0.6 is 0 Å². The molecule has 1 amide bonds. The third-order valence-corrected chi connectivity index (χ3v) is 5.93. The Hall–Kier alpha value is -3.77. The molecule has 180 valence electrons. The summed E-state index contributed by atoms with van der Waals surface area (Å²) in [6.45, 7) is 5.32. The molecule has 0 saturated carbocycles. The van der Waals surface area contributed by atoms with Gasteiger partial charge in [-0.25, -0.2) is 9.50 Å². The molecule has 1 aliphatic heterocycles. The van der Waals surface area contributed by atoms with Gasteiger partial charge in [-0.05, 0) is 31.9 Å². The number of halogens is 3. The van der Waals surface area contributed by atoms with E-state index in [1.165, 1.54) is 12.1 Å². The van der Waals surface area contributed by atoms with Crippen molar-refractivity contribution in [1.29, 1.82) is 0 Å². The van der Waals surface area contributed by atoms with Crippen LogP contribution in [0.4, 0.5) is 24.5 Å². The molecule has 1 saturated heterocycles. The maximum Gasteiger partial charge on any atom is 0.453 e. The molecule has 0 atom stereocenters. The maximum atomic E-state index is 13.0. The van der Waals surface area contributed by atoms with Gasteiger partial charge in [0.25, 0.3) is 17.3 Å². The normalized spacial score (nSPS) is 14.6. The average Bonchev–Trinajstić information content (AvgIpc) is 3.24.